The van der Waals surface area contributed by atoms with E-state index < -0.39 is 0 Å². The van der Waals surface area contributed by atoms with Crippen LogP contribution in [0.1, 0.15) is 33.1 Å². The smallest absolute Gasteiger partial charge is 0.407 e. The predicted molar refractivity (Wildman–Crippen MR) is 66.9 cm³/mol. The molecule has 0 radical (unpaired) electrons. The van der Waals surface area contributed by atoms with Gasteiger partial charge in [-0.1, -0.05) is 6.92 Å². The molecule has 1 saturated heterocycles. The molecule has 0 aromatic heterocycles. The molecular weight excluding hydrogens is 216 g/mol. The fourth-order valence-electron chi connectivity index (χ4n) is 2.72. The zero-order valence-electron chi connectivity index (χ0n) is 10.9. The number of nitrogens with zero attached hydrogens (tertiary/aromatic N) is 1. The van der Waals surface area contributed by atoms with E-state index in [2.05, 4.69) is 17.1 Å². The molecule has 0 aromatic carbocycles. The number of ether oxygens (including phenoxy) is 1. The molecule has 1 N–H and O–H groups in total. The molecule has 4 heteroatoms. The maximum Gasteiger partial charge on any atom is 0.407 e. The molecule has 4 nitrogen and oxygen atoms in total. The fourth-order valence-corrected chi connectivity index (χ4v) is 2.72. The highest BCUT2D eigenvalue weighted by atomic mass is 16.5. The van der Waals surface area contributed by atoms with Crippen molar-refractivity contribution in [2.24, 2.45) is 11.8 Å². The lowest BCUT2D eigenvalue weighted by Crippen LogP contribution is -2.50. The molecule has 1 aliphatic carbocycles. The van der Waals surface area contributed by atoms with Gasteiger partial charge in [0.2, 0.25) is 0 Å². The van der Waals surface area contributed by atoms with E-state index in [1.807, 2.05) is 6.92 Å². The number of carbonyl (C=O) groups excluding carboxylic acids is 1. The molecule has 2 rings (SSSR count). The topological polar surface area (TPSA) is 41.6 Å². The molecule has 1 saturated carbocycles. The Kier molecular flexibility index (Phi) is 4.26. The van der Waals surface area contributed by atoms with Gasteiger partial charge in [-0.05, 0) is 38.0 Å². The Hall–Kier alpha value is -0.770. The Bertz CT molecular complexity index is 264. The Morgan fingerprint density at radius 3 is 2.82 bits per heavy atom. The van der Waals surface area contributed by atoms with Crippen molar-refractivity contribution < 1.29 is 9.53 Å². The van der Waals surface area contributed by atoms with E-state index in [1.165, 1.54) is 25.9 Å². The summed E-state index contributed by atoms with van der Waals surface area (Å²) in [5.41, 5.74) is 0. The van der Waals surface area contributed by atoms with E-state index in [4.69, 9.17) is 4.74 Å². The van der Waals surface area contributed by atoms with Crippen molar-refractivity contribution >= 4 is 6.09 Å². The first kappa shape index (κ1) is 12.7. The van der Waals surface area contributed by atoms with Crippen molar-refractivity contribution in [1.29, 1.82) is 0 Å². The lowest BCUT2D eigenvalue weighted by molar-refractivity contribution is 0.118. The van der Waals surface area contributed by atoms with Crippen LogP contribution >= 0.6 is 0 Å². The number of likely N-dealkylation sites (tertiary alicyclic amines) is 1. The Morgan fingerprint density at radius 1 is 1.41 bits per heavy atom. The molecule has 1 aliphatic heterocycles. The molecule has 98 valence electrons. The van der Waals surface area contributed by atoms with Crippen LogP contribution in [-0.4, -0.2) is 43.3 Å². The third kappa shape index (κ3) is 4.19. The van der Waals surface area contributed by atoms with Gasteiger partial charge in [0.25, 0.3) is 0 Å². The minimum atomic E-state index is -0.266. The summed E-state index contributed by atoms with van der Waals surface area (Å²) in [6, 6.07) is 0.261. The fraction of sp³-hybridized carbons (Fsp3) is 0.923. The van der Waals surface area contributed by atoms with E-state index in [9.17, 15) is 4.79 Å². The van der Waals surface area contributed by atoms with Crippen LogP contribution < -0.4 is 5.32 Å². The Balaban J connectivity index is 1.77. The largest absolute Gasteiger partial charge is 0.450 e. The second-order valence-corrected chi connectivity index (χ2v) is 5.56. The average molecular weight is 240 g/mol. The third-order valence-corrected chi connectivity index (χ3v) is 3.55. The van der Waals surface area contributed by atoms with Crippen LogP contribution in [0.2, 0.25) is 0 Å². The summed E-state index contributed by atoms with van der Waals surface area (Å²) in [6.45, 7) is 7.92. The number of amides is 1. The Morgan fingerprint density at radius 2 is 2.18 bits per heavy atom. The van der Waals surface area contributed by atoms with Crippen LogP contribution in [0.25, 0.3) is 0 Å². The second-order valence-electron chi connectivity index (χ2n) is 5.56. The van der Waals surface area contributed by atoms with E-state index in [0.29, 0.717) is 12.5 Å². The summed E-state index contributed by atoms with van der Waals surface area (Å²) < 4.78 is 4.94. The molecule has 0 aromatic rings. The van der Waals surface area contributed by atoms with Crippen molar-refractivity contribution in [1.82, 2.24) is 10.2 Å². The van der Waals surface area contributed by atoms with Crippen LogP contribution in [0.15, 0.2) is 0 Å². The maximum atomic E-state index is 11.4. The molecule has 0 bridgehead atoms. The van der Waals surface area contributed by atoms with Gasteiger partial charge in [0.1, 0.15) is 0 Å². The van der Waals surface area contributed by atoms with Crippen molar-refractivity contribution in [2.75, 3.05) is 26.2 Å². The van der Waals surface area contributed by atoms with Crippen LogP contribution in [0.5, 0.6) is 0 Å². The van der Waals surface area contributed by atoms with Gasteiger partial charge in [-0.3, -0.25) is 0 Å². The van der Waals surface area contributed by atoms with Gasteiger partial charge >= 0.3 is 6.09 Å². The lowest BCUT2D eigenvalue weighted by atomic mass is 9.96. The molecule has 0 spiro atoms. The van der Waals surface area contributed by atoms with Gasteiger partial charge in [-0.15, -0.1) is 0 Å². The first-order valence-electron chi connectivity index (χ1n) is 6.83. The first-order chi connectivity index (χ1) is 8.17. The second kappa shape index (κ2) is 5.71. The number of piperidine rings is 1. The van der Waals surface area contributed by atoms with Crippen LogP contribution in [0.3, 0.4) is 0 Å². The zero-order valence-corrected chi connectivity index (χ0v) is 10.9. The van der Waals surface area contributed by atoms with Gasteiger partial charge in [0.05, 0.1) is 6.61 Å². The van der Waals surface area contributed by atoms with E-state index in [1.54, 1.807) is 0 Å². The van der Waals surface area contributed by atoms with Crippen molar-refractivity contribution in [3.63, 3.8) is 0 Å². The van der Waals surface area contributed by atoms with E-state index in [-0.39, 0.29) is 12.1 Å². The van der Waals surface area contributed by atoms with Gasteiger partial charge < -0.3 is 15.0 Å². The first-order valence-corrected chi connectivity index (χ1v) is 6.83. The molecular formula is C13H24N2O2. The van der Waals surface area contributed by atoms with Gasteiger partial charge in [-0.2, -0.15) is 0 Å². The number of hydrogen-bond acceptors (Lipinski definition) is 3. The minimum Gasteiger partial charge on any atom is -0.450 e. The average Bonchev–Trinajstić information content (AvgIpc) is 3.00. The maximum absolute atomic E-state index is 11.4. The minimum absolute atomic E-state index is 0.261. The number of alkyl carbamates (subject to hydrolysis) is 1. The third-order valence-electron chi connectivity index (χ3n) is 3.55. The summed E-state index contributed by atoms with van der Waals surface area (Å²) >= 11 is 0. The monoisotopic (exact) mass is 240 g/mol. The molecule has 2 atom stereocenters. The molecule has 1 amide bonds. The molecule has 17 heavy (non-hydrogen) atoms. The molecule has 2 aliphatic rings. The van der Waals surface area contributed by atoms with E-state index in [0.717, 1.165) is 18.9 Å². The standard InChI is InChI=1S/C13H24N2O2/c1-3-17-13(16)14-12-6-10(2)7-15(9-12)8-11-4-5-11/h10-12H,3-9H2,1-2H3,(H,14,16). The number of nitrogens with one attached hydrogen (secondary N) is 1. The van der Waals surface area contributed by atoms with Gasteiger partial charge in [0.15, 0.2) is 0 Å². The highest BCUT2D eigenvalue weighted by Crippen LogP contribution is 2.31. The zero-order chi connectivity index (χ0) is 12.3. The highest BCUT2D eigenvalue weighted by molar-refractivity contribution is 5.67. The van der Waals surface area contributed by atoms with Crippen molar-refractivity contribution in [2.45, 2.75) is 39.2 Å². The van der Waals surface area contributed by atoms with Gasteiger partial charge in [0, 0.05) is 25.7 Å². The summed E-state index contributed by atoms with van der Waals surface area (Å²) in [5.74, 6) is 1.58. The Labute approximate surface area is 104 Å². The van der Waals surface area contributed by atoms with Crippen molar-refractivity contribution in [3.8, 4) is 0 Å². The van der Waals surface area contributed by atoms with Crippen LogP contribution in [0.4, 0.5) is 4.79 Å². The quantitative estimate of drug-likeness (QED) is 0.815. The predicted octanol–water partition coefficient (Wildman–Crippen LogP) is 1.85. The normalized spacial score (nSPS) is 30.0. The summed E-state index contributed by atoms with van der Waals surface area (Å²) in [7, 11) is 0. The van der Waals surface area contributed by atoms with Gasteiger partial charge in [-0.25, -0.2) is 4.79 Å². The SMILES string of the molecule is CCOC(=O)NC1CC(C)CN(CC2CC2)C1. The summed E-state index contributed by atoms with van der Waals surface area (Å²) in [4.78, 5) is 13.9. The van der Waals surface area contributed by atoms with Crippen LogP contribution in [-0.2, 0) is 4.74 Å². The molecule has 2 unspecified atom stereocenters. The van der Waals surface area contributed by atoms with Crippen LogP contribution in [0, 0.1) is 11.8 Å². The number of hydrogen-bond donors (Lipinski definition) is 1. The molecule has 2 fully saturated rings. The lowest BCUT2D eigenvalue weighted by Gasteiger charge is -2.36. The number of carbonyl (C=O) groups is 1. The summed E-state index contributed by atoms with van der Waals surface area (Å²) in [5, 5.41) is 2.97. The highest BCUT2D eigenvalue weighted by Gasteiger charge is 2.30. The van der Waals surface area contributed by atoms with E-state index >= 15 is 0 Å². The number of rotatable bonds is 4. The molecule has 1 heterocycles. The summed E-state index contributed by atoms with van der Waals surface area (Å²) in [6.07, 6.45) is 3.58. The van der Waals surface area contributed by atoms with Crippen molar-refractivity contribution in [3.05, 3.63) is 0 Å².